The van der Waals surface area contributed by atoms with Crippen LogP contribution < -0.4 is 5.32 Å². The summed E-state index contributed by atoms with van der Waals surface area (Å²) in [5.74, 6) is -1.93. The summed E-state index contributed by atoms with van der Waals surface area (Å²) in [6.07, 6.45) is 0. The fraction of sp³-hybridized carbons (Fsp3) is 0. The number of nitrogens with zero attached hydrogens (tertiary/aromatic N) is 1. The van der Waals surface area contributed by atoms with Gasteiger partial charge >= 0.3 is 0 Å². The van der Waals surface area contributed by atoms with E-state index in [2.05, 4.69) is 10.5 Å². The molecular formula is C9H3Cl3N2O3. The maximum Gasteiger partial charge on any atom is 0.298 e. The van der Waals surface area contributed by atoms with Crippen LogP contribution in [0.4, 0.5) is 5.69 Å². The third kappa shape index (κ3) is 1.76. The van der Waals surface area contributed by atoms with Crippen molar-refractivity contribution < 1.29 is 14.8 Å². The van der Waals surface area contributed by atoms with Crippen molar-refractivity contribution in [3.63, 3.8) is 0 Å². The minimum atomic E-state index is -0.977. The molecule has 1 aliphatic heterocycles. The van der Waals surface area contributed by atoms with Crippen LogP contribution in [0.25, 0.3) is 0 Å². The maximum atomic E-state index is 11.4. The van der Waals surface area contributed by atoms with Crippen molar-refractivity contribution in [1.29, 1.82) is 0 Å². The molecule has 0 saturated carbocycles. The molecule has 0 radical (unpaired) electrons. The minimum absolute atomic E-state index is 0.0174. The summed E-state index contributed by atoms with van der Waals surface area (Å²) in [4.78, 5) is 22.7. The zero-order valence-corrected chi connectivity index (χ0v) is 10.2. The summed E-state index contributed by atoms with van der Waals surface area (Å²) in [7, 11) is 0. The van der Waals surface area contributed by atoms with Gasteiger partial charge in [0.25, 0.3) is 11.7 Å². The number of benzene rings is 1. The number of nitrogens with one attached hydrogen (secondary N) is 1. The van der Waals surface area contributed by atoms with E-state index >= 15 is 0 Å². The molecule has 0 aromatic heterocycles. The molecule has 0 fully saturated rings. The predicted octanol–water partition coefficient (Wildman–Crippen LogP) is 2.35. The Morgan fingerprint density at radius 1 is 1.18 bits per heavy atom. The summed E-state index contributed by atoms with van der Waals surface area (Å²) in [6.45, 7) is 0. The molecule has 1 heterocycles. The van der Waals surface area contributed by atoms with Crippen LogP contribution >= 0.6 is 34.8 Å². The molecule has 2 N–H and O–H groups in total. The largest absolute Gasteiger partial charge is 0.410 e. The number of anilines is 1. The van der Waals surface area contributed by atoms with E-state index in [1.54, 1.807) is 0 Å². The Balaban J connectivity index is 2.79. The second kappa shape index (κ2) is 4.18. The van der Waals surface area contributed by atoms with Gasteiger partial charge in [-0.05, 0) is 6.07 Å². The number of oxime groups is 1. The average molecular weight is 293 g/mol. The van der Waals surface area contributed by atoms with Gasteiger partial charge in [-0.2, -0.15) is 0 Å². The maximum absolute atomic E-state index is 11.4. The van der Waals surface area contributed by atoms with E-state index in [4.69, 9.17) is 40.0 Å². The molecule has 0 spiro atoms. The van der Waals surface area contributed by atoms with Gasteiger partial charge in [-0.1, -0.05) is 40.0 Å². The van der Waals surface area contributed by atoms with Gasteiger partial charge in [0.05, 0.1) is 20.8 Å². The zero-order valence-electron chi connectivity index (χ0n) is 7.92. The lowest BCUT2D eigenvalue weighted by Gasteiger charge is -2.19. The number of ketones is 1. The Bertz CT molecular complexity index is 583. The van der Waals surface area contributed by atoms with Gasteiger partial charge in [0.2, 0.25) is 0 Å². The Morgan fingerprint density at radius 2 is 1.82 bits per heavy atom. The van der Waals surface area contributed by atoms with Gasteiger partial charge in [-0.15, -0.1) is 0 Å². The lowest BCUT2D eigenvalue weighted by Crippen LogP contribution is -2.36. The van der Waals surface area contributed by atoms with E-state index in [1.807, 2.05) is 0 Å². The van der Waals surface area contributed by atoms with Gasteiger partial charge in [-0.25, -0.2) is 0 Å². The van der Waals surface area contributed by atoms with E-state index in [-0.39, 0.29) is 26.3 Å². The van der Waals surface area contributed by atoms with Crippen LogP contribution in [0.2, 0.25) is 15.1 Å². The predicted molar refractivity (Wildman–Crippen MR) is 63.4 cm³/mol. The SMILES string of the molecule is O=C1Nc2c(cc(Cl)c(Cl)c2Cl)/C(=N/O)C1=O. The third-order valence-corrected chi connectivity index (χ3v) is 3.44. The highest BCUT2D eigenvalue weighted by molar-refractivity contribution is 6.72. The van der Waals surface area contributed by atoms with Crippen LogP contribution in [-0.2, 0) is 9.59 Å². The van der Waals surface area contributed by atoms with Crippen molar-refractivity contribution >= 4 is 57.9 Å². The highest BCUT2D eigenvalue weighted by Gasteiger charge is 2.33. The topological polar surface area (TPSA) is 78.8 Å². The van der Waals surface area contributed by atoms with Crippen LogP contribution in [0, 0.1) is 0 Å². The lowest BCUT2D eigenvalue weighted by atomic mass is 10.00. The molecule has 8 heteroatoms. The molecule has 0 atom stereocenters. The van der Waals surface area contributed by atoms with E-state index in [0.717, 1.165) is 0 Å². The fourth-order valence-corrected chi connectivity index (χ4v) is 2.06. The van der Waals surface area contributed by atoms with Gasteiger partial charge in [0, 0.05) is 5.56 Å². The van der Waals surface area contributed by atoms with Crippen LogP contribution in [0.15, 0.2) is 11.2 Å². The summed E-state index contributed by atoms with van der Waals surface area (Å²) in [5, 5.41) is 13.9. The second-order valence-corrected chi connectivity index (χ2v) is 4.30. The van der Waals surface area contributed by atoms with E-state index in [1.165, 1.54) is 6.07 Å². The number of carbonyl (C=O) groups excluding carboxylic acids is 2. The number of hydrogen-bond donors (Lipinski definition) is 2. The first-order chi connectivity index (χ1) is 7.97. The number of carbonyl (C=O) groups is 2. The van der Waals surface area contributed by atoms with Crippen molar-refractivity contribution in [3.8, 4) is 0 Å². The van der Waals surface area contributed by atoms with Crippen molar-refractivity contribution in [2.45, 2.75) is 0 Å². The summed E-state index contributed by atoms with van der Waals surface area (Å²) < 4.78 is 0. The van der Waals surface area contributed by atoms with Crippen molar-refractivity contribution in [3.05, 3.63) is 26.7 Å². The molecule has 2 rings (SSSR count). The first-order valence-corrected chi connectivity index (χ1v) is 5.36. The molecule has 1 aromatic rings. The van der Waals surface area contributed by atoms with E-state index in [9.17, 15) is 9.59 Å². The third-order valence-electron chi connectivity index (χ3n) is 2.18. The summed E-state index contributed by atoms with van der Waals surface area (Å²) in [5.41, 5.74) is -0.209. The average Bonchev–Trinajstić information content (AvgIpc) is 2.30. The number of halogens is 3. The quantitative estimate of drug-likeness (QED) is 0.333. The standard InChI is InChI=1S/C9H3Cl3N2O3/c10-3-1-2-6(5(12)4(3)11)13-9(16)8(15)7(2)14-17/h1,17H,(H,13,16)/b14-7-. The first-order valence-electron chi connectivity index (χ1n) is 4.23. The van der Waals surface area contributed by atoms with Crippen molar-refractivity contribution in [2.24, 2.45) is 5.16 Å². The highest BCUT2D eigenvalue weighted by atomic mass is 35.5. The molecular weight excluding hydrogens is 290 g/mol. The Labute approximate surface area is 110 Å². The second-order valence-electron chi connectivity index (χ2n) is 3.14. The number of hydrogen-bond acceptors (Lipinski definition) is 4. The molecule has 0 bridgehead atoms. The highest BCUT2D eigenvalue weighted by Crippen LogP contribution is 2.40. The number of fused-ring (bicyclic) bond motifs is 1. The lowest BCUT2D eigenvalue weighted by molar-refractivity contribution is -0.131. The summed E-state index contributed by atoms with van der Waals surface area (Å²) in [6, 6.07) is 1.29. The molecule has 0 saturated heterocycles. The fourth-order valence-electron chi connectivity index (χ4n) is 1.40. The molecule has 1 aromatic carbocycles. The van der Waals surface area contributed by atoms with E-state index in [0.29, 0.717) is 0 Å². The van der Waals surface area contributed by atoms with Crippen LogP contribution in [0.3, 0.4) is 0 Å². The molecule has 1 amide bonds. The molecule has 1 aliphatic rings. The van der Waals surface area contributed by atoms with Crippen LogP contribution in [-0.4, -0.2) is 22.6 Å². The van der Waals surface area contributed by atoms with Crippen molar-refractivity contribution in [1.82, 2.24) is 0 Å². The zero-order chi connectivity index (χ0) is 12.7. The van der Waals surface area contributed by atoms with Crippen LogP contribution in [0.5, 0.6) is 0 Å². The van der Waals surface area contributed by atoms with Gasteiger partial charge in [-0.3, -0.25) is 9.59 Å². The van der Waals surface area contributed by atoms with Gasteiger partial charge < -0.3 is 10.5 Å². The Morgan fingerprint density at radius 3 is 2.41 bits per heavy atom. The molecule has 0 unspecified atom stereocenters. The number of rotatable bonds is 0. The van der Waals surface area contributed by atoms with Gasteiger partial charge in [0.1, 0.15) is 0 Å². The molecule has 88 valence electrons. The number of amides is 1. The van der Waals surface area contributed by atoms with Crippen LogP contribution in [0.1, 0.15) is 5.56 Å². The Hall–Kier alpha value is -1.30. The normalized spacial score (nSPS) is 17.0. The minimum Gasteiger partial charge on any atom is -0.410 e. The van der Waals surface area contributed by atoms with E-state index < -0.39 is 17.4 Å². The Kier molecular flexibility index (Phi) is 2.99. The van der Waals surface area contributed by atoms with Crippen molar-refractivity contribution in [2.75, 3.05) is 5.32 Å². The summed E-state index contributed by atoms with van der Waals surface area (Å²) >= 11 is 17.4. The van der Waals surface area contributed by atoms with Gasteiger partial charge in [0.15, 0.2) is 5.71 Å². The monoisotopic (exact) mass is 292 g/mol. The molecule has 5 nitrogen and oxygen atoms in total. The first kappa shape index (κ1) is 12.2. The smallest absolute Gasteiger partial charge is 0.298 e. The molecule has 17 heavy (non-hydrogen) atoms. The molecule has 0 aliphatic carbocycles. The number of Topliss-reactive ketones (excluding diaryl/α,β-unsaturated/α-hetero) is 1.